The summed E-state index contributed by atoms with van der Waals surface area (Å²) in [5, 5.41) is 2.77. The summed E-state index contributed by atoms with van der Waals surface area (Å²) in [7, 11) is 1.56. The minimum absolute atomic E-state index is 0. The Hall–Kier alpha value is -1.79. The molecule has 24 heavy (non-hydrogen) atoms. The summed E-state index contributed by atoms with van der Waals surface area (Å²) in [5.41, 5.74) is 5.76. The molecule has 0 heterocycles. The van der Waals surface area contributed by atoms with E-state index in [4.69, 9.17) is 10.5 Å². The number of hydrogen-bond acceptors (Lipinski definition) is 4. The number of methoxy groups -OCH3 is 1. The van der Waals surface area contributed by atoms with Gasteiger partial charge in [0.2, 0.25) is 11.8 Å². The second kappa shape index (κ2) is 10.2. The molecule has 0 fully saturated rings. The van der Waals surface area contributed by atoms with Crippen LogP contribution in [0.5, 0.6) is 5.75 Å². The number of rotatable bonds is 8. The van der Waals surface area contributed by atoms with Gasteiger partial charge in [-0.05, 0) is 32.4 Å². The molecular weight excluding hydrogens is 330 g/mol. The Morgan fingerprint density at radius 1 is 1.33 bits per heavy atom. The summed E-state index contributed by atoms with van der Waals surface area (Å²) in [6.45, 7) is 5.92. The van der Waals surface area contributed by atoms with Crippen molar-refractivity contribution in [1.29, 1.82) is 0 Å². The van der Waals surface area contributed by atoms with Gasteiger partial charge in [-0.2, -0.15) is 0 Å². The molecule has 3 N–H and O–H groups in total. The van der Waals surface area contributed by atoms with Crippen LogP contribution in [0, 0.1) is 0 Å². The van der Waals surface area contributed by atoms with Crippen LogP contribution in [-0.4, -0.2) is 42.5 Å². The van der Waals surface area contributed by atoms with Crippen LogP contribution in [0.3, 0.4) is 0 Å². The van der Waals surface area contributed by atoms with Crippen LogP contribution in [0.25, 0.3) is 0 Å². The van der Waals surface area contributed by atoms with Gasteiger partial charge in [0.15, 0.2) is 0 Å². The largest absolute Gasteiger partial charge is 0.497 e. The van der Waals surface area contributed by atoms with Gasteiger partial charge in [-0.3, -0.25) is 9.59 Å². The maximum absolute atomic E-state index is 12.5. The second-order valence-electron chi connectivity index (χ2n) is 5.77. The predicted molar refractivity (Wildman–Crippen MR) is 98.6 cm³/mol. The molecule has 1 aromatic carbocycles. The van der Waals surface area contributed by atoms with Crippen LogP contribution >= 0.6 is 12.4 Å². The number of nitrogens with one attached hydrogen (secondary N) is 1. The lowest BCUT2D eigenvalue weighted by molar-refractivity contribution is -0.139. The van der Waals surface area contributed by atoms with Gasteiger partial charge < -0.3 is 20.7 Å². The molecule has 0 saturated carbocycles. The maximum Gasteiger partial charge on any atom is 0.243 e. The number of benzene rings is 1. The number of likely N-dealkylation sites (N-methyl/N-ethyl adjacent to an activating group) is 1. The number of nitrogens with two attached hydrogens (primary N) is 1. The average molecular weight is 358 g/mol. The third-order valence-corrected chi connectivity index (χ3v) is 3.61. The summed E-state index contributed by atoms with van der Waals surface area (Å²) < 4.78 is 5.12. The Bertz CT molecular complexity index is 550. The molecule has 0 saturated heterocycles. The van der Waals surface area contributed by atoms with E-state index in [1.807, 2.05) is 13.8 Å². The van der Waals surface area contributed by atoms with Crippen molar-refractivity contribution in [2.45, 2.75) is 39.2 Å². The Balaban J connectivity index is 0.00000529. The molecule has 136 valence electrons. The first kappa shape index (κ1) is 22.2. The van der Waals surface area contributed by atoms with Crippen LogP contribution in [0.15, 0.2) is 24.3 Å². The maximum atomic E-state index is 12.5. The highest BCUT2D eigenvalue weighted by Gasteiger charge is 2.31. The van der Waals surface area contributed by atoms with Gasteiger partial charge in [-0.1, -0.05) is 19.4 Å². The fraction of sp³-hybridized carbons (Fsp3) is 0.529. The SMILES string of the molecule is CCCC(C)(N)C(=O)N(CC)CC(=O)Nc1cccc(OC)c1.Cl. The third-order valence-electron chi connectivity index (χ3n) is 3.61. The van der Waals surface area contributed by atoms with Crippen LogP contribution in [0.2, 0.25) is 0 Å². The number of ether oxygens (including phenoxy) is 1. The zero-order valence-corrected chi connectivity index (χ0v) is 15.6. The van der Waals surface area contributed by atoms with Crippen LogP contribution in [0.4, 0.5) is 5.69 Å². The highest BCUT2D eigenvalue weighted by Crippen LogP contribution is 2.17. The summed E-state index contributed by atoms with van der Waals surface area (Å²) in [6.07, 6.45) is 1.39. The molecule has 0 radical (unpaired) electrons. The number of carbonyl (C=O) groups is 2. The van der Waals surface area contributed by atoms with Crippen molar-refractivity contribution in [3.05, 3.63) is 24.3 Å². The monoisotopic (exact) mass is 357 g/mol. The number of nitrogens with zero attached hydrogens (tertiary/aromatic N) is 1. The Morgan fingerprint density at radius 3 is 2.54 bits per heavy atom. The van der Waals surface area contributed by atoms with Crippen molar-refractivity contribution in [3.8, 4) is 5.75 Å². The number of amides is 2. The minimum Gasteiger partial charge on any atom is -0.497 e. The fourth-order valence-corrected chi connectivity index (χ4v) is 2.39. The molecule has 6 nitrogen and oxygen atoms in total. The van der Waals surface area contributed by atoms with E-state index in [2.05, 4.69) is 5.32 Å². The van der Waals surface area contributed by atoms with E-state index in [0.29, 0.717) is 24.4 Å². The molecule has 1 atom stereocenters. The summed E-state index contributed by atoms with van der Waals surface area (Å²) in [6, 6.07) is 7.07. The lowest BCUT2D eigenvalue weighted by atomic mass is 9.95. The van der Waals surface area contributed by atoms with Gasteiger partial charge >= 0.3 is 0 Å². The molecule has 1 aromatic rings. The van der Waals surface area contributed by atoms with Gasteiger partial charge in [0.05, 0.1) is 19.2 Å². The van der Waals surface area contributed by atoms with Gasteiger partial charge in [0.1, 0.15) is 5.75 Å². The Morgan fingerprint density at radius 2 is 2.00 bits per heavy atom. The molecule has 0 aromatic heterocycles. The van der Waals surface area contributed by atoms with Gasteiger partial charge in [-0.15, -0.1) is 12.4 Å². The van der Waals surface area contributed by atoms with E-state index in [9.17, 15) is 9.59 Å². The first-order chi connectivity index (χ1) is 10.8. The molecule has 0 bridgehead atoms. The highest BCUT2D eigenvalue weighted by atomic mass is 35.5. The zero-order chi connectivity index (χ0) is 17.5. The number of halogens is 1. The lowest BCUT2D eigenvalue weighted by Crippen LogP contribution is -2.54. The van der Waals surface area contributed by atoms with Crippen LogP contribution in [-0.2, 0) is 9.59 Å². The standard InChI is InChI=1S/C17H27N3O3.ClH/c1-5-10-17(3,18)16(22)20(6-2)12-15(21)19-13-8-7-9-14(11-13)23-4;/h7-9,11H,5-6,10,12,18H2,1-4H3,(H,19,21);1H. The average Bonchev–Trinajstić information content (AvgIpc) is 2.52. The van der Waals surface area contributed by atoms with Crippen molar-refractivity contribution in [2.24, 2.45) is 5.73 Å². The van der Waals surface area contributed by atoms with E-state index < -0.39 is 5.54 Å². The van der Waals surface area contributed by atoms with E-state index in [1.54, 1.807) is 38.3 Å². The quantitative estimate of drug-likeness (QED) is 0.748. The molecule has 7 heteroatoms. The van der Waals surface area contributed by atoms with Gasteiger partial charge in [0.25, 0.3) is 0 Å². The predicted octanol–water partition coefficient (Wildman–Crippen LogP) is 2.42. The Kier molecular flexibility index (Phi) is 9.40. The molecule has 0 aliphatic carbocycles. The van der Waals surface area contributed by atoms with Crippen molar-refractivity contribution in [3.63, 3.8) is 0 Å². The fourth-order valence-electron chi connectivity index (χ4n) is 2.39. The first-order valence-electron chi connectivity index (χ1n) is 7.86. The van der Waals surface area contributed by atoms with Crippen molar-refractivity contribution in [2.75, 3.05) is 25.5 Å². The molecule has 0 spiro atoms. The smallest absolute Gasteiger partial charge is 0.243 e. The van der Waals surface area contributed by atoms with Crippen molar-refractivity contribution < 1.29 is 14.3 Å². The van der Waals surface area contributed by atoms with Crippen molar-refractivity contribution in [1.82, 2.24) is 4.90 Å². The Labute approximate surface area is 150 Å². The first-order valence-corrected chi connectivity index (χ1v) is 7.86. The third kappa shape index (κ3) is 6.37. The van der Waals surface area contributed by atoms with E-state index in [-0.39, 0.29) is 30.8 Å². The molecule has 1 unspecified atom stereocenters. The number of anilines is 1. The molecule has 1 rings (SSSR count). The summed E-state index contributed by atoms with van der Waals surface area (Å²) in [4.78, 5) is 26.1. The summed E-state index contributed by atoms with van der Waals surface area (Å²) in [5.74, 6) is 0.187. The number of carbonyl (C=O) groups excluding carboxylic acids is 2. The normalized spacial score (nSPS) is 12.5. The topological polar surface area (TPSA) is 84.7 Å². The van der Waals surface area contributed by atoms with Crippen molar-refractivity contribution >= 4 is 29.9 Å². The van der Waals surface area contributed by atoms with Crippen LogP contribution in [0.1, 0.15) is 33.6 Å². The van der Waals surface area contributed by atoms with E-state index in [1.165, 1.54) is 4.90 Å². The van der Waals surface area contributed by atoms with Gasteiger partial charge in [0, 0.05) is 18.3 Å². The number of hydrogen-bond donors (Lipinski definition) is 2. The van der Waals surface area contributed by atoms with E-state index in [0.717, 1.165) is 6.42 Å². The molecular formula is C17H28ClN3O3. The molecule has 0 aliphatic rings. The second-order valence-corrected chi connectivity index (χ2v) is 5.77. The van der Waals surface area contributed by atoms with Gasteiger partial charge in [-0.25, -0.2) is 0 Å². The zero-order valence-electron chi connectivity index (χ0n) is 14.8. The minimum atomic E-state index is -0.943. The lowest BCUT2D eigenvalue weighted by Gasteiger charge is -2.30. The molecule has 2 amide bonds. The van der Waals surface area contributed by atoms with Crippen LogP contribution < -0.4 is 15.8 Å². The molecule has 0 aliphatic heterocycles. The summed E-state index contributed by atoms with van der Waals surface area (Å²) >= 11 is 0. The highest BCUT2D eigenvalue weighted by molar-refractivity contribution is 5.96. The van der Waals surface area contributed by atoms with E-state index >= 15 is 0 Å².